The summed E-state index contributed by atoms with van der Waals surface area (Å²) in [6, 6.07) is 11.0. The number of benzene rings is 2. The predicted molar refractivity (Wildman–Crippen MR) is 95.9 cm³/mol. The minimum Gasteiger partial charge on any atom is -0.444 e. The molecule has 27 heavy (non-hydrogen) atoms. The summed E-state index contributed by atoms with van der Waals surface area (Å²) in [5.74, 6) is -2.63. The molecule has 0 saturated carbocycles. The number of ether oxygens (including phenoxy) is 1. The van der Waals surface area contributed by atoms with Crippen molar-refractivity contribution in [1.29, 1.82) is 0 Å². The van der Waals surface area contributed by atoms with Gasteiger partial charge in [-0.05, 0) is 25.2 Å². The van der Waals surface area contributed by atoms with E-state index in [9.17, 15) is 22.4 Å². The third kappa shape index (κ3) is 4.69. The molecular formula is C18H19FN2O5S. The van der Waals surface area contributed by atoms with Crippen LogP contribution >= 0.6 is 0 Å². The highest BCUT2D eigenvalue weighted by atomic mass is 32.2. The Morgan fingerprint density at radius 3 is 2.30 bits per heavy atom. The Balaban J connectivity index is 2.41. The van der Waals surface area contributed by atoms with Crippen LogP contribution in [0.15, 0.2) is 53.4 Å². The number of hydrogen-bond donors (Lipinski definition) is 1. The molecule has 9 heteroatoms. The number of rotatable bonds is 6. The minimum atomic E-state index is -3.88. The molecule has 2 rings (SSSR count). The second kappa shape index (κ2) is 8.28. The summed E-state index contributed by atoms with van der Waals surface area (Å²) in [7, 11) is 0.297. The Hall–Kier alpha value is -2.78. The molecule has 0 aliphatic rings. The van der Waals surface area contributed by atoms with Gasteiger partial charge < -0.3 is 9.64 Å². The normalized spacial score (nSPS) is 12.3. The molecule has 0 aliphatic carbocycles. The second-order valence-electron chi connectivity index (χ2n) is 5.78. The maximum absolute atomic E-state index is 14.1. The Morgan fingerprint density at radius 1 is 1.11 bits per heavy atom. The molecule has 0 heterocycles. The summed E-state index contributed by atoms with van der Waals surface area (Å²) in [4.78, 5) is 25.9. The maximum atomic E-state index is 14.1. The summed E-state index contributed by atoms with van der Waals surface area (Å²) < 4.78 is 45.2. The fraction of sp³-hybridized carbons (Fsp3) is 0.222. The van der Waals surface area contributed by atoms with Crippen LogP contribution in [0.25, 0.3) is 0 Å². The lowest BCUT2D eigenvalue weighted by Crippen LogP contribution is -2.31. The highest BCUT2D eigenvalue weighted by molar-refractivity contribution is 7.89. The van der Waals surface area contributed by atoms with Crippen LogP contribution in [0, 0.1) is 5.82 Å². The third-order valence-corrected chi connectivity index (χ3v) is 5.14. The van der Waals surface area contributed by atoms with Gasteiger partial charge in [-0.3, -0.25) is 4.79 Å². The molecule has 1 unspecified atom stereocenters. The summed E-state index contributed by atoms with van der Waals surface area (Å²) >= 11 is 0. The smallest absolute Gasteiger partial charge is 0.342 e. The first kappa shape index (κ1) is 20.5. The highest BCUT2D eigenvalue weighted by Gasteiger charge is 2.28. The van der Waals surface area contributed by atoms with E-state index >= 15 is 0 Å². The van der Waals surface area contributed by atoms with Crippen molar-refractivity contribution in [2.45, 2.75) is 11.0 Å². The zero-order valence-electron chi connectivity index (χ0n) is 15.0. The molecule has 0 spiro atoms. The van der Waals surface area contributed by atoms with Gasteiger partial charge in [0.05, 0.1) is 10.5 Å². The molecule has 0 aromatic heterocycles. The van der Waals surface area contributed by atoms with Crippen molar-refractivity contribution >= 4 is 21.9 Å². The molecule has 1 N–H and O–H groups in total. The Bertz CT molecular complexity index is 945. The molecule has 0 aliphatic heterocycles. The standard InChI is InChI=1S/C18H19FN2O5S/c1-20-27(24,25)13-9-10-15(19)14(11-13)18(23)26-16(17(22)21(2)3)12-7-5-4-6-8-12/h4-11,16,20H,1-3H3. The molecule has 2 aromatic carbocycles. The molecule has 0 bridgehead atoms. The van der Waals surface area contributed by atoms with Crippen LogP contribution in [-0.2, 0) is 19.6 Å². The van der Waals surface area contributed by atoms with E-state index in [1.165, 1.54) is 26.0 Å². The minimum absolute atomic E-state index is 0.298. The summed E-state index contributed by atoms with van der Waals surface area (Å²) in [6.45, 7) is 0. The lowest BCUT2D eigenvalue weighted by Gasteiger charge is -2.21. The number of carbonyl (C=O) groups excluding carboxylic acids is 2. The van der Waals surface area contributed by atoms with E-state index in [1.54, 1.807) is 30.3 Å². The molecule has 1 atom stereocenters. The van der Waals surface area contributed by atoms with Crippen molar-refractivity contribution in [1.82, 2.24) is 9.62 Å². The van der Waals surface area contributed by atoms with Crippen molar-refractivity contribution < 1.29 is 27.1 Å². The van der Waals surface area contributed by atoms with Crippen LogP contribution in [0.3, 0.4) is 0 Å². The highest BCUT2D eigenvalue weighted by Crippen LogP contribution is 2.23. The van der Waals surface area contributed by atoms with E-state index in [-0.39, 0.29) is 4.90 Å². The van der Waals surface area contributed by atoms with Crippen molar-refractivity contribution in [3.63, 3.8) is 0 Å². The molecule has 0 saturated heterocycles. The van der Waals surface area contributed by atoms with Crippen molar-refractivity contribution in [2.75, 3.05) is 21.1 Å². The zero-order valence-corrected chi connectivity index (χ0v) is 15.8. The molecule has 2 aromatic rings. The maximum Gasteiger partial charge on any atom is 0.342 e. The summed E-state index contributed by atoms with van der Waals surface area (Å²) in [6.07, 6.45) is -1.29. The fourth-order valence-corrected chi connectivity index (χ4v) is 3.00. The number of likely N-dealkylation sites (N-methyl/N-ethyl adjacent to an activating group) is 1. The van der Waals surface area contributed by atoms with Crippen molar-refractivity contribution in [3.05, 3.63) is 65.5 Å². The van der Waals surface area contributed by atoms with E-state index in [0.29, 0.717) is 5.56 Å². The fourth-order valence-electron chi connectivity index (χ4n) is 2.24. The van der Waals surface area contributed by atoms with Crippen LogP contribution in [0.4, 0.5) is 4.39 Å². The number of hydrogen-bond acceptors (Lipinski definition) is 5. The zero-order chi connectivity index (χ0) is 20.2. The first-order valence-corrected chi connectivity index (χ1v) is 9.36. The number of sulfonamides is 1. The topological polar surface area (TPSA) is 92.8 Å². The number of esters is 1. The Kier molecular flexibility index (Phi) is 6.29. The van der Waals surface area contributed by atoms with Crippen LogP contribution in [0.5, 0.6) is 0 Å². The monoisotopic (exact) mass is 394 g/mol. The lowest BCUT2D eigenvalue weighted by atomic mass is 10.1. The average Bonchev–Trinajstić information content (AvgIpc) is 2.66. The van der Waals surface area contributed by atoms with Gasteiger partial charge in [0.15, 0.2) is 0 Å². The average molecular weight is 394 g/mol. The van der Waals surface area contributed by atoms with E-state index < -0.39 is 39.4 Å². The van der Waals surface area contributed by atoms with Crippen molar-refractivity contribution in [3.8, 4) is 0 Å². The van der Waals surface area contributed by atoms with E-state index in [1.807, 2.05) is 0 Å². The van der Waals surface area contributed by atoms with Crippen LogP contribution in [-0.4, -0.2) is 46.3 Å². The second-order valence-corrected chi connectivity index (χ2v) is 7.66. The van der Waals surface area contributed by atoms with E-state index in [2.05, 4.69) is 4.72 Å². The third-order valence-electron chi connectivity index (χ3n) is 3.73. The van der Waals surface area contributed by atoms with Gasteiger partial charge in [0.2, 0.25) is 16.1 Å². The van der Waals surface area contributed by atoms with Gasteiger partial charge in [-0.1, -0.05) is 30.3 Å². The van der Waals surface area contributed by atoms with Gasteiger partial charge in [0.25, 0.3) is 5.91 Å². The summed E-state index contributed by atoms with van der Waals surface area (Å²) in [5, 5.41) is 0. The van der Waals surface area contributed by atoms with E-state index in [0.717, 1.165) is 18.2 Å². The number of amides is 1. The number of nitrogens with zero attached hydrogens (tertiary/aromatic N) is 1. The molecular weight excluding hydrogens is 375 g/mol. The summed E-state index contributed by atoms with van der Waals surface area (Å²) in [5.41, 5.74) is -0.178. The quantitative estimate of drug-likeness (QED) is 0.753. The van der Waals surface area contributed by atoms with Gasteiger partial charge in [-0.25, -0.2) is 22.3 Å². The lowest BCUT2D eigenvalue weighted by molar-refractivity contribution is -0.138. The van der Waals surface area contributed by atoms with Gasteiger partial charge in [-0.2, -0.15) is 0 Å². The Morgan fingerprint density at radius 2 is 1.74 bits per heavy atom. The first-order valence-electron chi connectivity index (χ1n) is 7.87. The van der Waals surface area contributed by atoms with Gasteiger partial charge in [0.1, 0.15) is 5.82 Å². The van der Waals surface area contributed by atoms with Crippen molar-refractivity contribution in [2.24, 2.45) is 0 Å². The van der Waals surface area contributed by atoms with Gasteiger partial charge >= 0.3 is 5.97 Å². The van der Waals surface area contributed by atoms with Gasteiger partial charge in [0, 0.05) is 19.7 Å². The predicted octanol–water partition coefficient (Wildman–Crippen LogP) is 1.72. The Labute approximate surface area is 156 Å². The number of nitrogens with one attached hydrogen (secondary N) is 1. The molecule has 1 amide bonds. The van der Waals surface area contributed by atoms with Gasteiger partial charge in [-0.15, -0.1) is 0 Å². The molecule has 0 radical (unpaired) electrons. The van der Waals surface area contributed by atoms with E-state index in [4.69, 9.17) is 4.74 Å². The molecule has 7 nitrogen and oxygen atoms in total. The van der Waals surface area contributed by atoms with Crippen LogP contribution in [0.2, 0.25) is 0 Å². The van der Waals surface area contributed by atoms with Crippen LogP contribution < -0.4 is 4.72 Å². The first-order chi connectivity index (χ1) is 12.7. The largest absolute Gasteiger partial charge is 0.444 e. The number of carbonyl (C=O) groups is 2. The van der Waals surface area contributed by atoms with Crippen LogP contribution in [0.1, 0.15) is 22.0 Å². The molecule has 144 valence electrons. The SMILES string of the molecule is CNS(=O)(=O)c1ccc(F)c(C(=O)OC(C(=O)N(C)C)c2ccccc2)c1. The number of halogens is 1. The molecule has 0 fully saturated rings.